The molecule has 2 rings (SSSR count). The summed E-state index contributed by atoms with van der Waals surface area (Å²) >= 11 is 0. The molecule has 1 saturated heterocycles. The van der Waals surface area contributed by atoms with Crippen LogP contribution >= 0.6 is 0 Å². The maximum absolute atomic E-state index is 11.8. The Hall–Kier alpha value is -1.51. The first-order valence-electron chi connectivity index (χ1n) is 6.33. The van der Waals surface area contributed by atoms with E-state index in [1.807, 2.05) is 4.90 Å². The lowest BCUT2D eigenvalue weighted by Crippen LogP contribution is -2.50. The van der Waals surface area contributed by atoms with E-state index in [1.54, 1.807) is 24.4 Å². The first-order chi connectivity index (χ1) is 9.45. The molecule has 1 amide bonds. The van der Waals surface area contributed by atoms with Gasteiger partial charge in [0.25, 0.3) is 0 Å². The predicted octanol–water partition coefficient (Wildman–Crippen LogP) is -0.403. The number of carbonyl (C=O) groups is 1. The number of sulfonamides is 1. The van der Waals surface area contributed by atoms with E-state index in [0.717, 1.165) is 0 Å². The van der Waals surface area contributed by atoms with E-state index in [9.17, 15) is 13.2 Å². The largest absolute Gasteiger partial charge is 0.310 e. The molecular weight excluding hydrogens is 280 g/mol. The highest BCUT2D eigenvalue weighted by atomic mass is 32.2. The molecule has 1 aromatic rings. The van der Waals surface area contributed by atoms with Crippen LogP contribution in [-0.2, 0) is 14.8 Å². The summed E-state index contributed by atoms with van der Waals surface area (Å²) in [6.45, 7) is 2.21. The second-order valence-corrected chi connectivity index (χ2v) is 6.68. The fourth-order valence-corrected chi connectivity index (χ4v) is 2.87. The van der Waals surface area contributed by atoms with Gasteiger partial charge in [-0.1, -0.05) is 6.07 Å². The van der Waals surface area contributed by atoms with Gasteiger partial charge in [-0.15, -0.1) is 0 Å². The van der Waals surface area contributed by atoms with E-state index in [4.69, 9.17) is 0 Å². The van der Waals surface area contributed by atoms with Crippen LogP contribution in [0.15, 0.2) is 24.4 Å². The third-order valence-electron chi connectivity index (χ3n) is 3.10. The van der Waals surface area contributed by atoms with Crippen LogP contribution < -0.4 is 5.32 Å². The van der Waals surface area contributed by atoms with E-state index >= 15 is 0 Å². The molecule has 8 heteroatoms. The summed E-state index contributed by atoms with van der Waals surface area (Å²) in [7, 11) is -3.13. The van der Waals surface area contributed by atoms with E-state index in [2.05, 4.69) is 10.3 Å². The van der Waals surface area contributed by atoms with Crippen molar-refractivity contribution in [3.05, 3.63) is 24.4 Å². The third kappa shape index (κ3) is 4.26. The minimum absolute atomic E-state index is 0.142. The molecule has 110 valence electrons. The molecule has 2 heterocycles. The Balaban J connectivity index is 1.79. The van der Waals surface area contributed by atoms with Crippen LogP contribution in [-0.4, -0.2) is 67.5 Å². The van der Waals surface area contributed by atoms with Gasteiger partial charge in [0.1, 0.15) is 5.82 Å². The van der Waals surface area contributed by atoms with Gasteiger partial charge in [0.2, 0.25) is 15.9 Å². The number of amides is 1. The molecule has 20 heavy (non-hydrogen) atoms. The van der Waals surface area contributed by atoms with Crippen LogP contribution in [0.2, 0.25) is 0 Å². The van der Waals surface area contributed by atoms with Crippen molar-refractivity contribution in [1.29, 1.82) is 0 Å². The Morgan fingerprint density at radius 1 is 1.30 bits per heavy atom. The van der Waals surface area contributed by atoms with Gasteiger partial charge < -0.3 is 5.32 Å². The fourth-order valence-electron chi connectivity index (χ4n) is 2.04. The van der Waals surface area contributed by atoms with Crippen LogP contribution in [0.1, 0.15) is 0 Å². The topological polar surface area (TPSA) is 82.6 Å². The lowest BCUT2D eigenvalue weighted by Gasteiger charge is -2.32. The first-order valence-corrected chi connectivity index (χ1v) is 8.18. The number of carbonyl (C=O) groups excluding carboxylic acids is 1. The molecule has 1 aliphatic rings. The molecule has 1 aromatic heterocycles. The number of nitrogens with one attached hydrogen (secondary N) is 1. The molecule has 1 N–H and O–H groups in total. The lowest BCUT2D eigenvalue weighted by atomic mass is 10.3. The fraction of sp³-hybridized carbons (Fsp3) is 0.500. The molecular formula is C12H18N4O3S. The molecule has 0 aromatic carbocycles. The zero-order chi connectivity index (χ0) is 14.6. The number of piperazine rings is 1. The number of hydrogen-bond acceptors (Lipinski definition) is 5. The number of anilines is 1. The summed E-state index contributed by atoms with van der Waals surface area (Å²) in [6.07, 6.45) is 2.82. The van der Waals surface area contributed by atoms with E-state index < -0.39 is 10.0 Å². The van der Waals surface area contributed by atoms with Crippen molar-refractivity contribution in [1.82, 2.24) is 14.2 Å². The SMILES string of the molecule is CS(=O)(=O)N1CCN(CC(=O)Nc2ccccn2)CC1. The number of rotatable bonds is 4. The van der Waals surface area contributed by atoms with Gasteiger partial charge in [0.15, 0.2) is 0 Å². The van der Waals surface area contributed by atoms with Crippen molar-refractivity contribution in [2.45, 2.75) is 0 Å². The Kier molecular flexibility index (Phi) is 4.69. The van der Waals surface area contributed by atoms with Gasteiger partial charge in [-0.25, -0.2) is 13.4 Å². The van der Waals surface area contributed by atoms with Gasteiger partial charge in [0.05, 0.1) is 12.8 Å². The summed E-state index contributed by atoms with van der Waals surface area (Å²) in [6, 6.07) is 5.30. The van der Waals surface area contributed by atoms with Gasteiger partial charge in [0, 0.05) is 32.4 Å². The molecule has 0 atom stereocenters. The number of hydrogen-bond donors (Lipinski definition) is 1. The van der Waals surface area contributed by atoms with Crippen LogP contribution in [0.5, 0.6) is 0 Å². The smallest absolute Gasteiger partial charge is 0.239 e. The van der Waals surface area contributed by atoms with Gasteiger partial charge >= 0.3 is 0 Å². The molecule has 0 radical (unpaired) electrons. The molecule has 1 aliphatic heterocycles. The monoisotopic (exact) mass is 298 g/mol. The number of pyridine rings is 1. The van der Waals surface area contributed by atoms with Crippen molar-refractivity contribution in [2.75, 3.05) is 44.3 Å². The van der Waals surface area contributed by atoms with Crippen molar-refractivity contribution in [3.8, 4) is 0 Å². The highest BCUT2D eigenvalue weighted by Gasteiger charge is 2.24. The van der Waals surface area contributed by atoms with Crippen molar-refractivity contribution < 1.29 is 13.2 Å². The molecule has 0 aliphatic carbocycles. The van der Waals surface area contributed by atoms with E-state index in [-0.39, 0.29) is 12.5 Å². The second kappa shape index (κ2) is 6.29. The molecule has 0 bridgehead atoms. The molecule has 0 spiro atoms. The maximum atomic E-state index is 11.8. The normalized spacial score (nSPS) is 17.9. The standard InChI is InChI=1S/C12H18N4O3S/c1-20(18,19)16-8-6-15(7-9-16)10-12(17)14-11-4-2-3-5-13-11/h2-5H,6-10H2,1H3,(H,13,14,17). The van der Waals surface area contributed by atoms with E-state index in [1.165, 1.54) is 10.6 Å². The molecule has 1 fully saturated rings. The first kappa shape index (κ1) is 14.9. The Bertz CT molecular complexity index is 553. The highest BCUT2D eigenvalue weighted by molar-refractivity contribution is 7.88. The van der Waals surface area contributed by atoms with Crippen molar-refractivity contribution in [2.24, 2.45) is 0 Å². The maximum Gasteiger partial charge on any atom is 0.239 e. The summed E-state index contributed by atoms with van der Waals surface area (Å²) in [4.78, 5) is 17.8. The summed E-state index contributed by atoms with van der Waals surface area (Å²) in [5.74, 6) is 0.378. The van der Waals surface area contributed by atoms with Crippen LogP contribution in [0.3, 0.4) is 0 Å². The number of aromatic nitrogens is 1. The Morgan fingerprint density at radius 3 is 2.55 bits per heavy atom. The predicted molar refractivity (Wildman–Crippen MR) is 75.7 cm³/mol. The average Bonchev–Trinajstić information content (AvgIpc) is 2.39. The van der Waals surface area contributed by atoms with E-state index in [0.29, 0.717) is 32.0 Å². The van der Waals surface area contributed by atoms with Crippen LogP contribution in [0.25, 0.3) is 0 Å². The quantitative estimate of drug-likeness (QED) is 0.817. The lowest BCUT2D eigenvalue weighted by molar-refractivity contribution is -0.117. The third-order valence-corrected chi connectivity index (χ3v) is 4.40. The molecule has 7 nitrogen and oxygen atoms in total. The van der Waals surface area contributed by atoms with Crippen LogP contribution in [0.4, 0.5) is 5.82 Å². The second-order valence-electron chi connectivity index (χ2n) is 4.70. The molecule has 0 unspecified atom stereocenters. The van der Waals surface area contributed by atoms with Crippen molar-refractivity contribution >= 4 is 21.7 Å². The minimum Gasteiger partial charge on any atom is -0.310 e. The summed E-state index contributed by atoms with van der Waals surface area (Å²) in [5.41, 5.74) is 0. The van der Waals surface area contributed by atoms with Gasteiger partial charge in [-0.2, -0.15) is 4.31 Å². The summed E-state index contributed by atoms with van der Waals surface area (Å²) < 4.78 is 24.2. The zero-order valence-electron chi connectivity index (χ0n) is 11.3. The zero-order valence-corrected chi connectivity index (χ0v) is 12.1. The Labute approximate surface area is 118 Å². The minimum atomic E-state index is -3.13. The molecule has 0 saturated carbocycles. The average molecular weight is 298 g/mol. The van der Waals surface area contributed by atoms with Gasteiger partial charge in [-0.05, 0) is 12.1 Å². The highest BCUT2D eigenvalue weighted by Crippen LogP contribution is 2.06. The summed E-state index contributed by atoms with van der Waals surface area (Å²) in [5, 5.41) is 2.71. The van der Waals surface area contributed by atoms with Crippen LogP contribution in [0, 0.1) is 0 Å². The Morgan fingerprint density at radius 2 is 2.00 bits per heavy atom. The number of nitrogens with zero attached hydrogens (tertiary/aromatic N) is 3. The van der Waals surface area contributed by atoms with Crippen molar-refractivity contribution in [3.63, 3.8) is 0 Å². The van der Waals surface area contributed by atoms with Gasteiger partial charge in [-0.3, -0.25) is 9.69 Å².